The molecule has 1 fully saturated rings. The predicted molar refractivity (Wildman–Crippen MR) is 78.5 cm³/mol. The van der Waals surface area contributed by atoms with Gasteiger partial charge in [-0.15, -0.1) is 0 Å². The van der Waals surface area contributed by atoms with Crippen LogP contribution >= 0.6 is 0 Å². The van der Waals surface area contributed by atoms with E-state index in [4.69, 9.17) is 5.11 Å². The van der Waals surface area contributed by atoms with Gasteiger partial charge < -0.3 is 20.4 Å². The number of nitrogens with one attached hydrogen (secondary N) is 1. The second-order valence-corrected chi connectivity index (χ2v) is 5.65. The van der Waals surface area contributed by atoms with Crippen LogP contribution in [-0.2, 0) is 0 Å². The van der Waals surface area contributed by atoms with Crippen LogP contribution in [0.4, 0.5) is 10.5 Å². The van der Waals surface area contributed by atoms with Gasteiger partial charge in [0.05, 0.1) is 11.2 Å². The van der Waals surface area contributed by atoms with Gasteiger partial charge in [0.1, 0.15) is 0 Å². The summed E-state index contributed by atoms with van der Waals surface area (Å²) in [5.74, 6) is -1.03. The van der Waals surface area contributed by atoms with E-state index in [0.717, 1.165) is 6.42 Å². The number of carboxylic acids is 1. The van der Waals surface area contributed by atoms with Gasteiger partial charge in [0.25, 0.3) is 0 Å². The number of aliphatic hydroxyl groups is 1. The van der Waals surface area contributed by atoms with Crippen molar-refractivity contribution in [2.24, 2.45) is 0 Å². The van der Waals surface area contributed by atoms with Gasteiger partial charge in [-0.25, -0.2) is 9.59 Å². The number of urea groups is 1. The first-order valence-corrected chi connectivity index (χ1v) is 6.99. The highest BCUT2D eigenvalue weighted by molar-refractivity contribution is 5.93. The minimum atomic E-state index is -1.03. The lowest BCUT2D eigenvalue weighted by Crippen LogP contribution is -2.36. The van der Waals surface area contributed by atoms with Crippen molar-refractivity contribution in [1.82, 2.24) is 4.90 Å². The number of rotatable bonds is 2. The molecule has 0 spiro atoms. The van der Waals surface area contributed by atoms with Crippen LogP contribution in [0.3, 0.4) is 0 Å². The Bertz CT molecular complexity index is 542. The molecule has 0 aromatic heterocycles. The summed E-state index contributed by atoms with van der Waals surface area (Å²) in [4.78, 5) is 24.8. The summed E-state index contributed by atoms with van der Waals surface area (Å²) in [6.07, 6.45) is 1.95. The Balaban J connectivity index is 2.01. The number of carboxylic acid groups (broad SMARTS) is 1. The molecule has 1 unspecified atom stereocenters. The third-order valence-corrected chi connectivity index (χ3v) is 3.71. The number of nitrogens with zero attached hydrogens (tertiary/aromatic N) is 1. The second-order valence-electron chi connectivity index (χ2n) is 5.65. The molecule has 0 saturated carbocycles. The Morgan fingerprint density at radius 3 is 2.76 bits per heavy atom. The maximum Gasteiger partial charge on any atom is 0.335 e. The molecule has 6 nitrogen and oxygen atoms in total. The van der Waals surface area contributed by atoms with E-state index in [0.29, 0.717) is 31.6 Å². The third-order valence-electron chi connectivity index (χ3n) is 3.71. The zero-order chi connectivity index (χ0) is 15.5. The third kappa shape index (κ3) is 4.19. The summed E-state index contributed by atoms with van der Waals surface area (Å²) in [7, 11) is 0. The quantitative estimate of drug-likeness (QED) is 0.779. The van der Waals surface area contributed by atoms with Crippen LogP contribution in [0, 0.1) is 0 Å². The Morgan fingerprint density at radius 2 is 2.05 bits per heavy atom. The number of carbonyl (C=O) groups excluding carboxylic acids is 1. The maximum absolute atomic E-state index is 12.2. The van der Waals surface area contributed by atoms with Crippen LogP contribution in [-0.4, -0.2) is 45.8 Å². The first-order chi connectivity index (χ1) is 9.87. The van der Waals surface area contributed by atoms with Crippen molar-refractivity contribution in [1.29, 1.82) is 0 Å². The van der Waals surface area contributed by atoms with Gasteiger partial charge in [-0.2, -0.15) is 0 Å². The van der Waals surface area contributed by atoms with Crippen LogP contribution in [0.2, 0.25) is 0 Å². The van der Waals surface area contributed by atoms with Crippen molar-refractivity contribution in [3.8, 4) is 0 Å². The van der Waals surface area contributed by atoms with E-state index in [2.05, 4.69) is 5.32 Å². The molecule has 1 saturated heterocycles. The van der Waals surface area contributed by atoms with Crippen molar-refractivity contribution in [3.05, 3.63) is 29.8 Å². The summed E-state index contributed by atoms with van der Waals surface area (Å²) >= 11 is 0. The van der Waals surface area contributed by atoms with Crippen LogP contribution in [0.5, 0.6) is 0 Å². The molecule has 0 aliphatic carbocycles. The fourth-order valence-electron chi connectivity index (χ4n) is 2.40. The Hall–Kier alpha value is -2.08. The molecule has 1 aromatic carbocycles. The molecule has 1 aliphatic rings. The number of amides is 2. The van der Waals surface area contributed by atoms with E-state index in [1.165, 1.54) is 12.1 Å². The molecule has 2 amide bonds. The standard InChI is InChI=1S/C15H20N2O4/c1-15(21)6-3-8-17(9-7-15)14(20)16-12-5-2-4-11(10-12)13(18)19/h2,4-5,10,21H,3,6-9H2,1H3,(H,16,20)(H,18,19). The summed E-state index contributed by atoms with van der Waals surface area (Å²) < 4.78 is 0. The van der Waals surface area contributed by atoms with E-state index in [1.54, 1.807) is 24.0 Å². The van der Waals surface area contributed by atoms with Crippen LogP contribution in [0.25, 0.3) is 0 Å². The van der Waals surface area contributed by atoms with Crippen LogP contribution in [0.15, 0.2) is 24.3 Å². The maximum atomic E-state index is 12.2. The van der Waals surface area contributed by atoms with Gasteiger partial charge in [0.15, 0.2) is 0 Å². The van der Waals surface area contributed by atoms with Gasteiger partial charge >= 0.3 is 12.0 Å². The van der Waals surface area contributed by atoms with E-state index < -0.39 is 11.6 Å². The van der Waals surface area contributed by atoms with E-state index >= 15 is 0 Å². The lowest BCUT2D eigenvalue weighted by molar-refractivity contribution is 0.0458. The fraction of sp³-hybridized carbons (Fsp3) is 0.467. The fourth-order valence-corrected chi connectivity index (χ4v) is 2.40. The molecule has 3 N–H and O–H groups in total. The molecule has 2 rings (SSSR count). The average molecular weight is 292 g/mol. The molecule has 1 aliphatic heterocycles. The van der Waals surface area contributed by atoms with Gasteiger partial charge in [-0.1, -0.05) is 6.07 Å². The van der Waals surface area contributed by atoms with Crippen LogP contribution in [0.1, 0.15) is 36.5 Å². The zero-order valence-corrected chi connectivity index (χ0v) is 12.0. The molecule has 1 atom stereocenters. The molecule has 1 heterocycles. The largest absolute Gasteiger partial charge is 0.478 e. The lowest BCUT2D eigenvalue weighted by Gasteiger charge is -2.23. The van der Waals surface area contributed by atoms with E-state index in [1.807, 2.05) is 0 Å². The lowest BCUT2D eigenvalue weighted by atomic mass is 9.98. The molecular formula is C15H20N2O4. The molecule has 1 aromatic rings. The predicted octanol–water partition coefficient (Wildman–Crippen LogP) is 2.15. The number of likely N-dealkylation sites (tertiary alicyclic amines) is 1. The van der Waals surface area contributed by atoms with Crippen molar-refractivity contribution < 1.29 is 19.8 Å². The Labute approximate surface area is 123 Å². The van der Waals surface area contributed by atoms with Crippen molar-refractivity contribution in [2.45, 2.75) is 31.8 Å². The van der Waals surface area contributed by atoms with E-state index in [9.17, 15) is 14.7 Å². The van der Waals surface area contributed by atoms with Crippen molar-refractivity contribution in [2.75, 3.05) is 18.4 Å². The smallest absolute Gasteiger partial charge is 0.335 e. The summed E-state index contributed by atoms with van der Waals surface area (Å²) in [6, 6.07) is 5.87. The normalized spacial score (nSPS) is 22.5. The molecule has 0 bridgehead atoms. The molecule has 21 heavy (non-hydrogen) atoms. The van der Waals surface area contributed by atoms with Gasteiger partial charge in [-0.05, 0) is 44.4 Å². The zero-order valence-electron chi connectivity index (χ0n) is 12.0. The van der Waals surface area contributed by atoms with Crippen molar-refractivity contribution in [3.63, 3.8) is 0 Å². The van der Waals surface area contributed by atoms with E-state index in [-0.39, 0.29) is 11.6 Å². The number of hydrogen-bond donors (Lipinski definition) is 3. The van der Waals surface area contributed by atoms with Gasteiger partial charge in [0, 0.05) is 18.8 Å². The second kappa shape index (κ2) is 6.13. The number of aromatic carboxylic acids is 1. The highest BCUT2D eigenvalue weighted by Gasteiger charge is 2.27. The molecular weight excluding hydrogens is 272 g/mol. The average Bonchev–Trinajstić information content (AvgIpc) is 2.60. The first-order valence-electron chi connectivity index (χ1n) is 6.99. The summed E-state index contributed by atoms with van der Waals surface area (Å²) in [5.41, 5.74) is -0.138. The van der Waals surface area contributed by atoms with Gasteiger partial charge in [0.2, 0.25) is 0 Å². The Kier molecular flexibility index (Phi) is 4.47. The van der Waals surface area contributed by atoms with Crippen molar-refractivity contribution >= 4 is 17.7 Å². The molecule has 114 valence electrons. The number of carbonyl (C=O) groups is 2. The number of benzene rings is 1. The Morgan fingerprint density at radius 1 is 1.29 bits per heavy atom. The summed E-state index contributed by atoms with van der Waals surface area (Å²) in [6.45, 7) is 2.85. The van der Waals surface area contributed by atoms with Gasteiger partial charge in [-0.3, -0.25) is 0 Å². The van der Waals surface area contributed by atoms with Crippen LogP contribution < -0.4 is 5.32 Å². The molecule has 6 heteroatoms. The monoisotopic (exact) mass is 292 g/mol. The minimum Gasteiger partial charge on any atom is -0.478 e. The minimum absolute atomic E-state index is 0.131. The highest BCUT2D eigenvalue weighted by Crippen LogP contribution is 2.22. The highest BCUT2D eigenvalue weighted by atomic mass is 16.4. The summed E-state index contributed by atoms with van der Waals surface area (Å²) in [5, 5.41) is 21.7. The SMILES string of the molecule is CC1(O)CCCN(C(=O)Nc2cccc(C(=O)O)c2)CC1. The molecule has 0 radical (unpaired) electrons. The number of anilines is 1. The first kappa shape index (κ1) is 15.3. The number of hydrogen-bond acceptors (Lipinski definition) is 3. The topological polar surface area (TPSA) is 89.9 Å².